The number of nitrogens with one attached hydrogen (secondary N) is 1. The number of pyridine rings is 1. The molecule has 2 aromatic heterocycles. The van der Waals surface area contributed by atoms with Crippen LogP contribution in [0.3, 0.4) is 0 Å². The molecule has 2 heterocycles. The number of para-hydroxylation sites is 1. The third-order valence-electron chi connectivity index (χ3n) is 3.63. The molecule has 0 fully saturated rings. The molecule has 0 atom stereocenters. The molecule has 0 saturated carbocycles. The lowest BCUT2D eigenvalue weighted by molar-refractivity contribution is 0.724. The summed E-state index contributed by atoms with van der Waals surface area (Å²) in [5.41, 5.74) is 3.64. The Morgan fingerprint density at radius 2 is 2.05 bits per heavy atom. The van der Waals surface area contributed by atoms with E-state index in [-0.39, 0.29) is 0 Å². The molecule has 0 bridgehead atoms. The number of fused-ring (bicyclic) bond motifs is 1. The van der Waals surface area contributed by atoms with Gasteiger partial charge in [0.05, 0.1) is 5.02 Å². The number of nitrogens with zero attached hydrogens (tertiary/aromatic N) is 2. The van der Waals surface area contributed by atoms with Gasteiger partial charge in [0.15, 0.2) is 0 Å². The van der Waals surface area contributed by atoms with Crippen molar-refractivity contribution in [3.8, 4) is 0 Å². The second-order valence-corrected chi connectivity index (χ2v) is 5.45. The van der Waals surface area contributed by atoms with Crippen LogP contribution in [0.1, 0.15) is 18.1 Å². The minimum atomic E-state index is 0.712. The second kappa shape index (κ2) is 6.29. The number of aromatic nitrogens is 2. The molecule has 0 aliphatic rings. The third-order valence-corrected chi connectivity index (χ3v) is 3.97. The molecule has 0 radical (unpaired) electrons. The van der Waals surface area contributed by atoms with Crippen molar-refractivity contribution < 1.29 is 0 Å². The second-order valence-electron chi connectivity index (χ2n) is 5.05. The van der Waals surface area contributed by atoms with Gasteiger partial charge in [-0.2, -0.15) is 0 Å². The van der Waals surface area contributed by atoms with Crippen LogP contribution in [0.25, 0.3) is 10.9 Å². The molecule has 3 rings (SSSR count). The molecule has 0 saturated heterocycles. The van der Waals surface area contributed by atoms with Gasteiger partial charge in [0.25, 0.3) is 0 Å². The molecule has 0 spiro atoms. The minimum absolute atomic E-state index is 0.712. The van der Waals surface area contributed by atoms with Crippen LogP contribution in [-0.4, -0.2) is 16.1 Å². The molecule has 1 aromatic carbocycles. The Kier molecular flexibility index (Phi) is 4.23. The number of hydrogen-bond acceptors (Lipinski definition) is 2. The SMILES string of the molecule is CCNCc1cn(Cc2ccncc2Cl)c2ccccc12. The quantitative estimate of drug-likeness (QED) is 0.775. The van der Waals surface area contributed by atoms with E-state index in [0.29, 0.717) is 5.02 Å². The van der Waals surface area contributed by atoms with Crippen LogP contribution in [0.2, 0.25) is 5.02 Å². The molecule has 3 nitrogen and oxygen atoms in total. The molecule has 21 heavy (non-hydrogen) atoms. The first-order valence-corrected chi connectivity index (χ1v) is 7.53. The Balaban J connectivity index is 2.00. The lowest BCUT2D eigenvalue weighted by atomic mass is 10.2. The zero-order valence-corrected chi connectivity index (χ0v) is 12.8. The van der Waals surface area contributed by atoms with Crippen LogP contribution in [0.5, 0.6) is 0 Å². The van der Waals surface area contributed by atoms with Crippen LogP contribution >= 0.6 is 11.6 Å². The van der Waals surface area contributed by atoms with E-state index in [4.69, 9.17) is 11.6 Å². The summed E-state index contributed by atoms with van der Waals surface area (Å²) in [7, 11) is 0. The van der Waals surface area contributed by atoms with E-state index >= 15 is 0 Å². The average Bonchev–Trinajstić information content (AvgIpc) is 2.86. The Hall–Kier alpha value is -1.84. The van der Waals surface area contributed by atoms with E-state index in [1.165, 1.54) is 16.5 Å². The van der Waals surface area contributed by atoms with Crippen molar-refractivity contribution in [2.24, 2.45) is 0 Å². The maximum absolute atomic E-state index is 6.23. The zero-order chi connectivity index (χ0) is 14.7. The molecule has 1 N–H and O–H groups in total. The van der Waals surface area contributed by atoms with E-state index in [2.05, 4.69) is 52.3 Å². The van der Waals surface area contributed by atoms with Crippen molar-refractivity contribution in [2.75, 3.05) is 6.54 Å². The van der Waals surface area contributed by atoms with Gasteiger partial charge < -0.3 is 9.88 Å². The largest absolute Gasteiger partial charge is 0.343 e. The van der Waals surface area contributed by atoms with Crippen molar-refractivity contribution in [1.29, 1.82) is 0 Å². The molecule has 0 aliphatic carbocycles. The Morgan fingerprint density at radius 1 is 1.19 bits per heavy atom. The fraction of sp³-hybridized carbons (Fsp3) is 0.235. The average molecular weight is 300 g/mol. The van der Waals surface area contributed by atoms with Crippen LogP contribution in [0.4, 0.5) is 0 Å². The molecule has 4 heteroatoms. The van der Waals surface area contributed by atoms with Gasteiger partial charge >= 0.3 is 0 Å². The van der Waals surface area contributed by atoms with Gasteiger partial charge in [-0.05, 0) is 29.8 Å². The molecule has 0 aliphatic heterocycles. The smallest absolute Gasteiger partial charge is 0.0639 e. The normalized spacial score (nSPS) is 11.1. The summed E-state index contributed by atoms with van der Waals surface area (Å²) in [5, 5.41) is 5.40. The molecule has 3 aromatic rings. The highest BCUT2D eigenvalue weighted by molar-refractivity contribution is 6.31. The maximum atomic E-state index is 6.23. The third kappa shape index (κ3) is 2.94. The highest BCUT2D eigenvalue weighted by atomic mass is 35.5. The summed E-state index contributed by atoms with van der Waals surface area (Å²) in [5.74, 6) is 0. The zero-order valence-electron chi connectivity index (χ0n) is 12.0. The predicted octanol–water partition coefficient (Wildman–Crippen LogP) is 3.85. The van der Waals surface area contributed by atoms with Crippen LogP contribution in [0, 0.1) is 0 Å². The number of benzene rings is 1. The Labute approximate surface area is 129 Å². The first-order chi connectivity index (χ1) is 10.3. The van der Waals surface area contributed by atoms with Crippen molar-refractivity contribution in [3.63, 3.8) is 0 Å². The van der Waals surface area contributed by atoms with Crippen molar-refractivity contribution in [3.05, 3.63) is 65.1 Å². The summed E-state index contributed by atoms with van der Waals surface area (Å²) < 4.78 is 2.25. The summed E-state index contributed by atoms with van der Waals surface area (Å²) in [6.45, 7) is 4.73. The molecule has 0 amide bonds. The first-order valence-electron chi connectivity index (χ1n) is 7.15. The Morgan fingerprint density at radius 3 is 2.86 bits per heavy atom. The fourth-order valence-corrected chi connectivity index (χ4v) is 2.75. The first kappa shape index (κ1) is 14.1. The summed E-state index contributed by atoms with van der Waals surface area (Å²) >= 11 is 6.23. The number of halogens is 1. The fourth-order valence-electron chi connectivity index (χ4n) is 2.57. The maximum Gasteiger partial charge on any atom is 0.0639 e. The number of hydrogen-bond donors (Lipinski definition) is 1. The van der Waals surface area contributed by atoms with E-state index in [1.807, 2.05) is 6.07 Å². The van der Waals surface area contributed by atoms with E-state index in [0.717, 1.165) is 25.2 Å². The molecular formula is C17H18ClN3. The van der Waals surface area contributed by atoms with Gasteiger partial charge in [-0.25, -0.2) is 0 Å². The van der Waals surface area contributed by atoms with Gasteiger partial charge in [0.1, 0.15) is 0 Å². The van der Waals surface area contributed by atoms with E-state index in [9.17, 15) is 0 Å². The predicted molar refractivity (Wildman–Crippen MR) is 87.7 cm³/mol. The molecular weight excluding hydrogens is 282 g/mol. The monoisotopic (exact) mass is 299 g/mol. The lowest BCUT2D eigenvalue weighted by Gasteiger charge is -2.06. The van der Waals surface area contributed by atoms with E-state index in [1.54, 1.807) is 12.4 Å². The highest BCUT2D eigenvalue weighted by Gasteiger charge is 2.09. The van der Waals surface area contributed by atoms with Gasteiger partial charge in [0, 0.05) is 42.6 Å². The minimum Gasteiger partial charge on any atom is -0.343 e. The summed E-state index contributed by atoms with van der Waals surface area (Å²) in [6, 6.07) is 10.5. The highest BCUT2D eigenvalue weighted by Crippen LogP contribution is 2.24. The Bertz CT molecular complexity index is 749. The van der Waals surface area contributed by atoms with Gasteiger partial charge in [-0.15, -0.1) is 0 Å². The van der Waals surface area contributed by atoms with Gasteiger partial charge in [-0.3, -0.25) is 4.98 Å². The standard InChI is InChI=1S/C17H18ClN3/c1-2-19-9-14-12-21(17-6-4-3-5-15(14)17)11-13-7-8-20-10-16(13)18/h3-8,10,12,19H,2,9,11H2,1H3. The van der Waals surface area contributed by atoms with Crippen LogP contribution < -0.4 is 5.32 Å². The summed E-state index contributed by atoms with van der Waals surface area (Å²) in [4.78, 5) is 4.04. The van der Waals surface area contributed by atoms with Crippen molar-refractivity contribution >= 4 is 22.5 Å². The molecule has 0 unspecified atom stereocenters. The van der Waals surface area contributed by atoms with Crippen molar-refractivity contribution in [1.82, 2.24) is 14.9 Å². The van der Waals surface area contributed by atoms with Crippen molar-refractivity contribution in [2.45, 2.75) is 20.0 Å². The molecule has 108 valence electrons. The van der Waals surface area contributed by atoms with E-state index < -0.39 is 0 Å². The van der Waals surface area contributed by atoms with Crippen LogP contribution in [0.15, 0.2) is 48.9 Å². The van der Waals surface area contributed by atoms with Crippen LogP contribution in [-0.2, 0) is 13.1 Å². The number of rotatable bonds is 5. The van der Waals surface area contributed by atoms with Gasteiger partial charge in [0.2, 0.25) is 0 Å². The topological polar surface area (TPSA) is 29.9 Å². The summed E-state index contributed by atoms with van der Waals surface area (Å²) in [6.07, 6.45) is 5.69. The van der Waals surface area contributed by atoms with Gasteiger partial charge in [-0.1, -0.05) is 36.7 Å². The lowest BCUT2D eigenvalue weighted by Crippen LogP contribution is -2.11.